The van der Waals surface area contributed by atoms with Gasteiger partial charge in [-0.3, -0.25) is 0 Å². The van der Waals surface area contributed by atoms with Crippen molar-refractivity contribution in [3.8, 4) is 0 Å². The largest absolute Gasteiger partial charge is 0.444 e. The fourth-order valence-corrected chi connectivity index (χ4v) is 1.55. The molecule has 0 aliphatic carbocycles. The van der Waals surface area contributed by atoms with Gasteiger partial charge in [0.05, 0.1) is 13.1 Å². The molecule has 1 aliphatic rings. The fraction of sp³-hybridized carbons (Fsp3) is 0.900. The summed E-state index contributed by atoms with van der Waals surface area (Å²) in [6.07, 6.45) is 0.149. The minimum absolute atomic E-state index is 0.319. The molecule has 0 spiro atoms. The van der Waals surface area contributed by atoms with E-state index >= 15 is 0 Å². The summed E-state index contributed by atoms with van der Waals surface area (Å²) in [4.78, 5) is 13.0. The van der Waals surface area contributed by atoms with Crippen molar-refractivity contribution < 1.29 is 14.6 Å². The van der Waals surface area contributed by atoms with Crippen molar-refractivity contribution in [2.45, 2.75) is 38.4 Å². The van der Waals surface area contributed by atoms with Crippen molar-refractivity contribution in [1.29, 1.82) is 0 Å². The summed E-state index contributed by atoms with van der Waals surface area (Å²) >= 11 is 0. The highest BCUT2D eigenvalue weighted by Crippen LogP contribution is 2.25. The highest BCUT2D eigenvalue weighted by Gasteiger charge is 2.44. The van der Waals surface area contributed by atoms with Gasteiger partial charge in [0.15, 0.2) is 0 Å². The van der Waals surface area contributed by atoms with Crippen molar-refractivity contribution in [1.82, 2.24) is 4.90 Å². The molecule has 15 heavy (non-hydrogen) atoms. The number of nitrogens with zero attached hydrogens (tertiary/aromatic N) is 1. The van der Waals surface area contributed by atoms with Gasteiger partial charge in [0, 0.05) is 0 Å². The van der Waals surface area contributed by atoms with E-state index in [4.69, 9.17) is 10.5 Å². The monoisotopic (exact) mass is 216 g/mol. The first kappa shape index (κ1) is 12.3. The summed E-state index contributed by atoms with van der Waals surface area (Å²) in [5.74, 6) is 0. The third kappa shape index (κ3) is 3.35. The summed E-state index contributed by atoms with van der Waals surface area (Å²) < 4.78 is 5.16. The predicted molar refractivity (Wildman–Crippen MR) is 56.4 cm³/mol. The molecule has 0 aromatic carbocycles. The van der Waals surface area contributed by atoms with Gasteiger partial charge >= 0.3 is 6.09 Å². The lowest BCUT2D eigenvalue weighted by atomic mass is 9.91. The highest BCUT2D eigenvalue weighted by atomic mass is 16.6. The van der Waals surface area contributed by atoms with Crippen LogP contribution in [0.5, 0.6) is 0 Å². The Morgan fingerprint density at radius 1 is 1.53 bits per heavy atom. The maximum absolute atomic E-state index is 11.5. The van der Waals surface area contributed by atoms with Crippen LogP contribution in [0.2, 0.25) is 0 Å². The Balaban J connectivity index is 2.35. The molecule has 1 heterocycles. The molecule has 0 saturated carbocycles. The van der Waals surface area contributed by atoms with Gasteiger partial charge in [0.25, 0.3) is 0 Å². The molecule has 5 nitrogen and oxygen atoms in total. The molecule has 5 heteroatoms. The molecular formula is C10H20N2O3. The highest BCUT2D eigenvalue weighted by molar-refractivity contribution is 5.69. The minimum Gasteiger partial charge on any atom is -0.444 e. The summed E-state index contributed by atoms with van der Waals surface area (Å²) in [6, 6.07) is 0. The van der Waals surface area contributed by atoms with Crippen LogP contribution >= 0.6 is 0 Å². The topological polar surface area (TPSA) is 75.8 Å². The molecule has 0 atom stereocenters. The average molecular weight is 216 g/mol. The van der Waals surface area contributed by atoms with Crippen LogP contribution in [-0.2, 0) is 4.74 Å². The second-order valence-corrected chi connectivity index (χ2v) is 5.10. The SMILES string of the molecule is CC(C)(C)OC(=O)N1CC(O)(CCN)C1. The van der Waals surface area contributed by atoms with E-state index < -0.39 is 11.2 Å². The molecule has 0 aromatic rings. The van der Waals surface area contributed by atoms with E-state index in [9.17, 15) is 9.90 Å². The molecule has 1 amide bonds. The summed E-state index contributed by atoms with van der Waals surface area (Å²) in [7, 11) is 0. The van der Waals surface area contributed by atoms with Crippen molar-refractivity contribution >= 4 is 6.09 Å². The van der Waals surface area contributed by atoms with E-state index in [1.807, 2.05) is 20.8 Å². The smallest absolute Gasteiger partial charge is 0.410 e. The Labute approximate surface area is 90.2 Å². The van der Waals surface area contributed by atoms with Crippen molar-refractivity contribution in [2.75, 3.05) is 19.6 Å². The summed E-state index contributed by atoms with van der Waals surface area (Å²) in [6.45, 7) is 6.52. The zero-order valence-electron chi connectivity index (χ0n) is 9.62. The van der Waals surface area contributed by atoms with Crippen LogP contribution in [0.25, 0.3) is 0 Å². The zero-order chi connectivity index (χ0) is 11.7. The molecule has 1 rings (SSSR count). The summed E-state index contributed by atoms with van der Waals surface area (Å²) in [5.41, 5.74) is 4.07. The molecule has 1 saturated heterocycles. The Kier molecular flexibility index (Phi) is 3.25. The molecule has 1 fully saturated rings. The van der Waals surface area contributed by atoms with E-state index in [-0.39, 0.29) is 6.09 Å². The second-order valence-electron chi connectivity index (χ2n) is 5.10. The number of hydrogen-bond donors (Lipinski definition) is 2. The van der Waals surface area contributed by atoms with Crippen molar-refractivity contribution in [3.05, 3.63) is 0 Å². The molecular weight excluding hydrogens is 196 g/mol. The summed E-state index contributed by atoms with van der Waals surface area (Å²) in [5, 5.41) is 9.80. The van der Waals surface area contributed by atoms with Gasteiger partial charge in [-0.1, -0.05) is 0 Å². The van der Waals surface area contributed by atoms with Gasteiger partial charge in [-0.25, -0.2) is 4.79 Å². The maximum Gasteiger partial charge on any atom is 0.410 e. The van der Waals surface area contributed by atoms with Gasteiger partial charge in [-0.15, -0.1) is 0 Å². The first-order valence-electron chi connectivity index (χ1n) is 5.16. The number of aliphatic hydroxyl groups is 1. The van der Waals surface area contributed by atoms with Crippen LogP contribution in [0, 0.1) is 0 Å². The first-order valence-corrected chi connectivity index (χ1v) is 5.16. The van der Waals surface area contributed by atoms with E-state index in [1.165, 1.54) is 4.90 Å². The normalized spacial score (nSPS) is 19.7. The molecule has 0 bridgehead atoms. The lowest BCUT2D eigenvalue weighted by molar-refractivity contribution is -0.101. The minimum atomic E-state index is -0.800. The number of likely N-dealkylation sites (tertiary alicyclic amines) is 1. The van der Waals surface area contributed by atoms with E-state index in [0.717, 1.165) is 0 Å². The number of ether oxygens (including phenoxy) is 1. The van der Waals surface area contributed by atoms with Crippen LogP contribution in [0.3, 0.4) is 0 Å². The molecule has 0 aromatic heterocycles. The third-order valence-electron chi connectivity index (χ3n) is 2.23. The molecule has 0 radical (unpaired) electrons. The maximum atomic E-state index is 11.5. The van der Waals surface area contributed by atoms with Gasteiger partial charge < -0.3 is 20.5 Å². The molecule has 0 unspecified atom stereocenters. The Morgan fingerprint density at radius 3 is 2.47 bits per heavy atom. The van der Waals surface area contributed by atoms with Gasteiger partial charge in [-0.05, 0) is 33.7 Å². The lowest BCUT2D eigenvalue weighted by Gasteiger charge is -2.46. The van der Waals surface area contributed by atoms with Gasteiger partial charge in [0.1, 0.15) is 11.2 Å². The lowest BCUT2D eigenvalue weighted by Crippen LogP contribution is -2.64. The fourth-order valence-electron chi connectivity index (χ4n) is 1.55. The number of nitrogens with two attached hydrogens (primary N) is 1. The van der Waals surface area contributed by atoms with Crippen LogP contribution in [-0.4, -0.2) is 46.9 Å². The van der Waals surface area contributed by atoms with Crippen molar-refractivity contribution in [3.63, 3.8) is 0 Å². The van der Waals surface area contributed by atoms with Gasteiger partial charge in [-0.2, -0.15) is 0 Å². The van der Waals surface area contributed by atoms with Crippen LogP contribution in [0.15, 0.2) is 0 Å². The Morgan fingerprint density at radius 2 is 2.07 bits per heavy atom. The predicted octanol–water partition coefficient (Wildman–Crippen LogP) is 0.317. The quantitative estimate of drug-likeness (QED) is 0.697. The number of carbonyl (C=O) groups is 1. The van der Waals surface area contributed by atoms with E-state index in [0.29, 0.717) is 26.1 Å². The second kappa shape index (κ2) is 3.98. The molecule has 88 valence electrons. The number of rotatable bonds is 2. The third-order valence-corrected chi connectivity index (χ3v) is 2.23. The average Bonchev–Trinajstić information content (AvgIpc) is 1.96. The van der Waals surface area contributed by atoms with Crippen LogP contribution < -0.4 is 5.73 Å². The molecule has 1 aliphatic heterocycles. The van der Waals surface area contributed by atoms with Crippen LogP contribution in [0.4, 0.5) is 4.79 Å². The number of β-amino-alcohol motifs (C(OH)–C–C–N with tert-alkyl or cyclic N) is 1. The van der Waals surface area contributed by atoms with E-state index in [1.54, 1.807) is 0 Å². The first-order chi connectivity index (χ1) is 6.76. The Hall–Kier alpha value is -0.810. The standard InChI is InChI=1S/C10H20N2O3/c1-9(2,3)15-8(13)12-6-10(14,7-12)4-5-11/h14H,4-7,11H2,1-3H3. The van der Waals surface area contributed by atoms with Gasteiger partial charge in [0.2, 0.25) is 0 Å². The molecule has 3 N–H and O–H groups in total. The van der Waals surface area contributed by atoms with E-state index in [2.05, 4.69) is 0 Å². The number of hydrogen-bond acceptors (Lipinski definition) is 4. The zero-order valence-corrected chi connectivity index (χ0v) is 9.62. The number of carbonyl (C=O) groups excluding carboxylic acids is 1. The number of amides is 1. The van der Waals surface area contributed by atoms with Crippen molar-refractivity contribution in [2.24, 2.45) is 5.73 Å². The van der Waals surface area contributed by atoms with Crippen LogP contribution in [0.1, 0.15) is 27.2 Å². The Bertz CT molecular complexity index is 242.